The van der Waals surface area contributed by atoms with Crippen molar-refractivity contribution in [3.8, 4) is 0 Å². The van der Waals surface area contributed by atoms with Gasteiger partial charge < -0.3 is 0 Å². The van der Waals surface area contributed by atoms with E-state index in [9.17, 15) is 21.8 Å². The summed E-state index contributed by atoms with van der Waals surface area (Å²) in [7, 11) is -3.10. The van der Waals surface area contributed by atoms with E-state index >= 15 is 0 Å². The number of rotatable bonds is 1. The number of hydrogen-bond donors (Lipinski definition) is 0. The highest BCUT2D eigenvalue weighted by Crippen LogP contribution is 2.28. The molecule has 0 bridgehead atoms. The van der Waals surface area contributed by atoms with E-state index in [0.717, 1.165) is 18.2 Å². The second-order valence-electron chi connectivity index (χ2n) is 2.39. The van der Waals surface area contributed by atoms with Crippen molar-refractivity contribution in [2.24, 2.45) is 0 Å². The highest BCUT2D eigenvalue weighted by molar-refractivity contribution is 6.60. The molecule has 0 aromatic heterocycles. The lowest BCUT2D eigenvalue weighted by Gasteiger charge is -2.09. The van der Waals surface area contributed by atoms with Crippen LogP contribution in [0.25, 0.3) is 0 Å². The minimum atomic E-state index is -4.72. The van der Waals surface area contributed by atoms with Gasteiger partial charge >= 0.3 is 13.4 Å². The second kappa shape index (κ2) is 3.36. The van der Waals surface area contributed by atoms with Crippen molar-refractivity contribution >= 4 is 12.7 Å². The van der Waals surface area contributed by atoms with Gasteiger partial charge in [-0.1, -0.05) is 24.3 Å². The van der Waals surface area contributed by atoms with E-state index in [1.165, 1.54) is 0 Å². The van der Waals surface area contributed by atoms with Gasteiger partial charge in [0, 0.05) is 5.46 Å². The maximum absolute atomic E-state index is 12.1. The fourth-order valence-electron chi connectivity index (χ4n) is 0.945. The first-order chi connectivity index (χ1) is 5.93. The molecule has 70 valence electrons. The molecular weight excluding hydrogens is 190 g/mol. The Morgan fingerprint density at radius 3 is 1.92 bits per heavy atom. The number of alkyl halides is 3. The highest BCUT2D eigenvalue weighted by Gasteiger charge is 2.36. The molecular formula is C7H4BF5. The van der Waals surface area contributed by atoms with E-state index in [4.69, 9.17) is 0 Å². The molecule has 1 rings (SSSR count). The van der Waals surface area contributed by atoms with E-state index in [0.29, 0.717) is 6.07 Å². The second-order valence-corrected chi connectivity index (χ2v) is 2.39. The third-order valence-corrected chi connectivity index (χ3v) is 1.50. The third kappa shape index (κ3) is 2.20. The monoisotopic (exact) mass is 194 g/mol. The van der Waals surface area contributed by atoms with Crippen molar-refractivity contribution in [1.29, 1.82) is 0 Å². The van der Waals surface area contributed by atoms with Gasteiger partial charge in [0.1, 0.15) is 0 Å². The summed E-state index contributed by atoms with van der Waals surface area (Å²) in [6, 6.07) is 3.64. The smallest absolute Gasteiger partial charge is 0.281 e. The molecule has 6 heteroatoms. The first kappa shape index (κ1) is 10.0. The Balaban J connectivity index is 3.20. The van der Waals surface area contributed by atoms with E-state index < -0.39 is 24.5 Å². The maximum atomic E-state index is 12.1. The first-order valence-electron chi connectivity index (χ1n) is 3.37. The standard InChI is InChI=1S/C7H4BF5/c9-7(10,11)5-3-1-2-4-6(5)8(12)13/h1-4H. The Morgan fingerprint density at radius 1 is 1.00 bits per heavy atom. The zero-order valence-electron chi connectivity index (χ0n) is 6.28. The summed E-state index contributed by atoms with van der Waals surface area (Å²) in [5.41, 5.74) is -2.25. The van der Waals surface area contributed by atoms with Gasteiger partial charge in [-0.25, -0.2) is 0 Å². The summed E-state index contributed by atoms with van der Waals surface area (Å²) in [5, 5.41) is 0. The van der Waals surface area contributed by atoms with Gasteiger partial charge in [0.15, 0.2) is 0 Å². The van der Waals surface area contributed by atoms with Crippen LogP contribution < -0.4 is 5.46 Å². The molecule has 0 unspecified atom stereocenters. The summed E-state index contributed by atoms with van der Waals surface area (Å²) < 4.78 is 60.3. The van der Waals surface area contributed by atoms with Crippen LogP contribution in [-0.4, -0.2) is 7.27 Å². The molecule has 0 heterocycles. The molecule has 0 nitrogen and oxygen atoms in total. The molecule has 0 fully saturated rings. The predicted octanol–water partition coefficient (Wildman–Crippen LogP) is 2.34. The molecule has 0 aliphatic rings. The lowest BCUT2D eigenvalue weighted by molar-refractivity contribution is -0.136. The van der Waals surface area contributed by atoms with Crippen LogP contribution in [0.15, 0.2) is 24.3 Å². The Bertz CT molecular complexity index is 293. The van der Waals surface area contributed by atoms with Crippen LogP contribution >= 0.6 is 0 Å². The molecule has 0 N–H and O–H groups in total. The molecule has 13 heavy (non-hydrogen) atoms. The highest BCUT2D eigenvalue weighted by atomic mass is 19.4. The normalized spacial score (nSPS) is 11.5. The lowest BCUT2D eigenvalue weighted by atomic mass is 9.82. The van der Waals surface area contributed by atoms with Crippen molar-refractivity contribution in [3.63, 3.8) is 0 Å². The Labute approximate surface area is 71.5 Å². The average molecular weight is 194 g/mol. The Hall–Kier alpha value is -1.07. The van der Waals surface area contributed by atoms with Crippen LogP contribution in [0.1, 0.15) is 5.56 Å². The largest absolute Gasteiger partial charge is 0.572 e. The van der Waals surface area contributed by atoms with Crippen LogP contribution in [0.3, 0.4) is 0 Å². The zero-order chi connectivity index (χ0) is 10.1. The van der Waals surface area contributed by atoms with Gasteiger partial charge in [-0.05, 0) is 0 Å². The molecule has 0 amide bonds. The van der Waals surface area contributed by atoms with Gasteiger partial charge in [0.25, 0.3) is 0 Å². The molecule has 0 atom stereocenters. The Kier molecular flexibility index (Phi) is 2.59. The van der Waals surface area contributed by atoms with Crippen LogP contribution in [0.4, 0.5) is 21.8 Å². The summed E-state index contributed by atoms with van der Waals surface area (Å²) in [6.07, 6.45) is -4.72. The molecule has 0 saturated heterocycles. The van der Waals surface area contributed by atoms with E-state index in [-0.39, 0.29) is 0 Å². The maximum Gasteiger partial charge on any atom is 0.572 e. The molecule has 0 aliphatic carbocycles. The van der Waals surface area contributed by atoms with E-state index in [1.807, 2.05) is 0 Å². The van der Waals surface area contributed by atoms with E-state index in [1.54, 1.807) is 0 Å². The van der Waals surface area contributed by atoms with Crippen molar-refractivity contribution in [2.45, 2.75) is 6.18 Å². The van der Waals surface area contributed by atoms with Crippen molar-refractivity contribution in [3.05, 3.63) is 29.8 Å². The van der Waals surface area contributed by atoms with Gasteiger partial charge in [-0.15, -0.1) is 0 Å². The van der Waals surface area contributed by atoms with Crippen LogP contribution in [0.5, 0.6) is 0 Å². The van der Waals surface area contributed by atoms with Gasteiger partial charge in [-0.2, -0.15) is 13.2 Å². The average Bonchev–Trinajstić information content (AvgIpc) is 2.03. The van der Waals surface area contributed by atoms with E-state index in [2.05, 4.69) is 0 Å². The van der Waals surface area contributed by atoms with Crippen LogP contribution in [0.2, 0.25) is 0 Å². The molecule has 0 saturated carbocycles. The minimum Gasteiger partial charge on any atom is -0.281 e. The van der Waals surface area contributed by atoms with Crippen LogP contribution in [0, 0.1) is 0 Å². The van der Waals surface area contributed by atoms with Gasteiger partial charge in [-0.3, -0.25) is 8.63 Å². The molecule has 0 spiro atoms. The molecule has 0 aliphatic heterocycles. The summed E-state index contributed by atoms with van der Waals surface area (Å²) >= 11 is 0. The summed E-state index contributed by atoms with van der Waals surface area (Å²) in [6.45, 7) is 0. The molecule has 1 aromatic rings. The number of benzene rings is 1. The van der Waals surface area contributed by atoms with Crippen molar-refractivity contribution < 1.29 is 21.8 Å². The third-order valence-electron chi connectivity index (χ3n) is 1.50. The fraction of sp³-hybridized carbons (Fsp3) is 0.143. The molecule has 1 aromatic carbocycles. The SMILES string of the molecule is FB(F)c1ccccc1C(F)(F)F. The summed E-state index contributed by atoms with van der Waals surface area (Å²) in [4.78, 5) is 0. The quantitative estimate of drug-likeness (QED) is 0.475. The predicted molar refractivity (Wildman–Crippen MR) is 39.0 cm³/mol. The molecule has 0 radical (unpaired) electrons. The zero-order valence-corrected chi connectivity index (χ0v) is 6.28. The Morgan fingerprint density at radius 2 is 1.54 bits per heavy atom. The van der Waals surface area contributed by atoms with Crippen molar-refractivity contribution in [2.75, 3.05) is 0 Å². The first-order valence-corrected chi connectivity index (χ1v) is 3.37. The summed E-state index contributed by atoms with van der Waals surface area (Å²) in [5.74, 6) is 0. The van der Waals surface area contributed by atoms with Crippen LogP contribution in [-0.2, 0) is 6.18 Å². The van der Waals surface area contributed by atoms with Gasteiger partial charge in [0.2, 0.25) is 0 Å². The number of halogens is 5. The topological polar surface area (TPSA) is 0 Å². The minimum absolute atomic E-state index is 0.640. The van der Waals surface area contributed by atoms with Gasteiger partial charge in [0.05, 0.1) is 5.56 Å². The van der Waals surface area contributed by atoms with Crippen molar-refractivity contribution in [1.82, 2.24) is 0 Å². The number of hydrogen-bond acceptors (Lipinski definition) is 0. The lowest BCUT2D eigenvalue weighted by Crippen LogP contribution is -2.29. The fourth-order valence-corrected chi connectivity index (χ4v) is 0.945.